The summed E-state index contributed by atoms with van der Waals surface area (Å²) in [6.07, 6.45) is 8.36. The molecule has 2 heterocycles. The highest BCUT2D eigenvalue weighted by atomic mass is 32.2. The number of nitrogens with one attached hydrogen (secondary N) is 6. The number of benzene rings is 4. The number of rotatable bonds is 23. The Balaban J connectivity index is 0.887. The minimum absolute atomic E-state index is 0.0201. The van der Waals surface area contributed by atoms with E-state index in [9.17, 15) is 28.8 Å². The predicted octanol–water partition coefficient (Wildman–Crippen LogP) is 5.22. The highest BCUT2D eigenvalue weighted by molar-refractivity contribution is 8.01. The van der Waals surface area contributed by atoms with Crippen LogP contribution < -0.4 is 48.6 Å². The Kier molecular flexibility index (Phi) is 25.5. The van der Waals surface area contributed by atoms with Crippen molar-refractivity contribution < 1.29 is 38.2 Å². The highest BCUT2D eigenvalue weighted by Crippen LogP contribution is 2.33. The van der Waals surface area contributed by atoms with E-state index in [0.717, 1.165) is 98.4 Å². The lowest BCUT2D eigenvalue weighted by Crippen LogP contribution is -2.58. The fourth-order valence-electron chi connectivity index (χ4n) is 11.9. The van der Waals surface area contributed by atoms with Crippen molar-refractivity contribution in [1.29, 1.82) is 0 Å². The van der Waals surface area contributed by atoms with Gasteiger partial charge in [0, 0.05) is 48.2 Å². The molecule has 90 heavy (non-hydrogen) atoms. The van der Waals surface area contributed by atoms with Crippen molar-refractivity contribution in [3.05, 3.63) is 148 Å². The summed E-state index contributed by atoms with van der Waals surface area (Å²) in [5, 5.41) is 27.9. The first-order valence-electron chi connectivity index (χ1n) is 31.0. The molecule has 12 N–H and O–H groups in total. The number of hydrazone groups is 1. The van der Waals surface area contributed by atoms with Crippen molar-refractivity contribution in [2.75, 3.05) is 27.2 Å². The molecule has 2 aliphatic heterocycles. The second-order valence-electron chi connectivity index (χ2n) is 23.4. The van der Waals surface area contributed by atoms with E-state index >= 15 is 0 Å². The van der Waals surface area contributed by atoms with E-state index in [1.165, 1.54) is 4.90 Å². The van der Waals surface area contributed by atoms with Gasteiger partial charge in [-0.15, -0.1) is 0 Å². The van der Waals surface area contributed by atoms with Crippen LogP contribution in [0.5, 0.6) is 0 Å². The van der Waals surface area contributed by atoms with E-state index in [1.807, 2.05) is 97.1 Å². The van der Waals surface area contributed by atoms with Crippen molar-refractivity contribution in [1.82, 2.24) is 41.7 Å². The highest BCUT2D eigenvalue weighted by Gasteiger charge is 2.47. The monoisotopic (exact) mass is 1260 g/mol. The van der Waals surface area contributed by atoms with E-state index in [0.29, 0.717) is 16.8 Å². The smallest absolute Gasteiger partial charge is 0.247 e. The van der Waals surface area contributed by atoms with Gasteiger partial charge in [-0.05, 0) is 125 Å². The average molecular weight is 1260 g/mol. The fourth-order valence-corrected chi connectivity index (χ4v) is 12.6. The van der Waals surface area contributed by atoms with Crippen LogP contribution in [0.15, 0.2) is 119 Å². The summed E-state index contributed by atoms with van der Waals surface area (Å²) in [4.78, 5) is 87.8. The van der Waals surface area contributed by atoms with Crippen LogP contribution >= 0.6 is 24.2 Å². The summed E-state index contributed by atoms with van der Waals surface area (Å²) in [6.45, 7) is 4.12. The molecule has 8 rings (SSSR count). The topological polar surface area (TPSA) is 290 Å². The van der Waals surface area contributed by atoms with Crippen LogP contribution in [0.4, 0.5) is 0 Å². The first-order chi connectivity index (χ1) is 43.6. The molecule has 2 saturated carbocycles. The summed E-state index contributed by atoms with van der Waals surface area (Å²) in [5.41, 5.74) is 11.5. The van der Waals surface area contributed by atoms with Gasteiger partial charge < -0.3 is 62.8 Å². The van der Waals surface area contributed by atoms with Crippen molar-refractivity contribution in [2.24, 2.45) is 33.7 Å². The maximum absolute atomic E-state index is 14.8. The molecule has 2 aliphatic carbocycles. The molecule has 0 aromatic heterocycles. The summed E-state index contributed by atoms with van der Waals surface area (Å²) in [6, 6.07) is 28.7. The van der Waals surface area contributed by atoms with Gasteiger partial charge in [0.05, 0.1) is 43.2 Å². The molecule has 0 bridgehead atoms. The van der Waals surface area contributed by atoms with Gasteiger partial charge in [0.1, 0.15) is 39.9 Å². The van der Waals surface area contributed by atoms with Gasteiger partial charge in [-0.25, -0.2) is 0 Å². The number of likely N-dealkylation sites (tertiary alicyclic amines) is 2. The molecule has 0 spiro atoms. The zero-order valence-corrected chi connectivity index (χ0v) is 53.3. The zero-order chi connectivity index (χ0) is 64.1. The number of nitrogens with zero attached hydrogens (tertiary/aromatic N) is 3. The Morgan fingerprint density at radius 1 is 0.611 bits per heavy atom. The number of hydrogen-bond donors (Lipinski definition) is 9. The summed E-state index contributed by atoms with van der Waals surface area (Å²) >= 11 is 6.45. The molecule has 8 atom stereocenters. The number of likely N-dealkylation sites (N-methyl/N-ethyl adjacent to an activating group) is 2. The zero-order valence-electron chi connectivity index (χ0n) is 51.6. The fraction of sp³-hybridized carbons (Fsp3) is 0.441. The van der Waals surface area contributed by atoms with E-state index in [-0.39, 0.29) is 90.3 Å². The molecule has 0 radical (unpaired) electrons. The summed E-state index contributed by atoms with van der Waals surface area (Å²) in [5.74, 6) is 15.4. The molecule has 4 aromatic carbocycles. The number of ether oxygens (including phenoxy) is 2. The number of carbonyl (C=O) groups excluding carboxylic acids is 6. The number of carbonyl (C=O) groups is 6. The van der Waals surface area contributed by atoms with Gasteiger partial charge in [-0.1, -0.05) is 148 Å². The van der Waals surface area contributed by atoms with Crippen molar-refractivity contribution in [3.63, 3.8) is 0 Å². The number of nitrogens with two attached hydrogens (primary N) is 3. The van der Waals surface area contributed by atoms with Gasteiger partial charge in [-0.3, -0.25) is 33.9 Å². The van der Waals surface area contributed by atoms with E-state index in [1.54, 1.807) is 45.0 Å². The third kappa shape index (κ3) is 18.4. The Morgan fingerprint density at radius 2 is 1.02 bits per heavy atom. The molecule has 1 unspecified atom stereocenters. The molecule has 22 heteroatoms. The number of thiocarbonyl (C=S) groups is 1. The molecule has 4 fully saturated rings. The Hall–Kier alpha value is -7.93. The van der Waals surface area contributed by atoms with Gasteiger partial charge in [0.15, 0.2) is 0 Å². The minimum atomic E-state index is -0.962. The Morgan fingerprint density at radius 3 is 1.42 bits per heavy atom. The standard InChI is InChI=1S/C68H84N12O8S2/c1-43(72-3)61(81)74-59(51-25-13-7-14-26-51)67(85)79-39-53(37-55(79)63(83)76-65(89)58(78-70)50-23-11-6-12-24-50)87-41-47-33-29-45(30-34-47)19-17-18-20-46-31-35-48(36-32-46)42-88-54-38-56(64(84)77-66(90-71)57(69)49-21-9-5-10-22-49)80(40-54)68(86)60(52-27-15-8-16-28-52)75-62(82)44(2)73-4/h5-6,9-12,21-24,29-36,43-44,51-56,59-60,72-73H,7-8,13-16,25-28,37-42,69-71H2,1-4H3,(H,74,81)(H,75,82)(H,77,84)(H,76,83,89)/b66-57-,78-58?/t43-,44-,53-,54?,55-,56-,59-,60-/m0/s1. The van der Waals surface area contributed by atoms with E-state index < -0.39 is 60.3 Å². The maximum atomic E-state index is 14.8. The van der Waals surface area contributed by atoms with Crippen LogP contribution in [0.25, 0.3) is 5.70 Å². The lowest BCUT2D eigenvalue weighted by Gasteiger charge is -2.35. The molecule has 4 aromatic rings. The lowest BCUT2D eigenvalue weighted by atomic mass is 9.83. The molecular weight excluding hydrogens is 1180 g/mol. The van der Waals surface area contributed by atoms with Crippen molar-refractivity contribution in [3.8, 4) is 23.7 Å². The van der Waals surface area contributed by atoms with Gasteiger partial charge in [0.2, 0.25) is 35.4 Å². The Bertz CT molecular complexity index is 3340. The summed E-state index contributed by atoms with van der Waals surface area (Å²) < 4.78 is 12.9. The molecule has 2 saturated heterocycles. The maximum Gasteiger partial charge on any atom is 0.247 e. The third-order valence-electron chi connectivity index (χ3n) is 17.4. The van der Waals surface area contributed by atoms with Crippen LogP contribution in [0, 0.1) is 35.5 Å². The van der Waals surface area contributed by atoms with Crippen LogP contribution in [0.1, 0.15) is 124 Å². The molecule has 4 aliphatic rings. The van der Waals surface area contributed by atoms with Crippen LogP contribution in [-0.4, -0.2) is 132 Å². The van der Waals surface area contributed by atoms with Gasteiger partial charge in [-0.2, -0.15) is 5.10 Å². The first-order valence-corrected chi connectivity index (χ1v) is 32.3. The van der Waals surface area contributed by atoms with Gasteiger partial charge in [0.25, 0.3) is 0 Å². The molecular formula is C68H84N12O8S2. The Labute approximate surface area is 537 Å². The van der Waals surface area contributed by atoms with Crippen molar-refractivity contribution >= 4 is 76.0 Å². The molecule has 476 valence electrons. The lowest BCUT2D eigenvalue weighted by molar-refractivity contribution is -0.143. The first kappa shape index (κ1) is 68.0. The quantitative estimate of drug-likeness (QED) is 0.0115. The largest absolute Gasteiger partial charge is 0.396 e. The van der Waals surface area contributed by atoms with Gasteiger partial charge >= 0.3 is 0 Å². The average Bonchev–Trinajstić information content (AvgIpc) is 1.68. The van der Waals surface area contributed by atoms with Crippen LogP contribution in [0.2, 0.25) is 0 Å². The van der Waals surface area contributed by atoms with E-state index in [4.69, 9.17) is 38.4 Å². The molecule has 20 nitrogen and oxygen atoms in total. The number of amides is 6. The normalized spacial score (nSPS) is 20.3. The SMILES string of the molecule is CN[C@@H](C)C(=O)N[C@H](C(=O)N1C[C@@H](OCc2ccc(C#CC#Cc3ccc(COC4C[C@@H](C(=O)N/C(SN)=C(/N)c5ccccc5)N(C(=O)[C@@H](NC(=O)[C@H](C)NC)C5CCCCC5)C4)cc3)cc2)C[C@H]1C(=O)NC(=S)C(=NN)c1ccccc1)C1CCCCC1. The second kappa shape index (κ2) is 33.8. The molecule has 6 amide bonds. The van der Waals surface area contributed by atoms with Crippen molar-refractivity contribution in [2.45, 2.75) is 153 Å². The minimum Gasteiger partial charge on any atom is -0.396 e. The third-order valence-corrected chi connectivity index (χ3v) is 18.2. The summed E-state index contributed by atoms with van der Waals surface area (Å²) in [7, 11) is 3.38. The number of hydrogen-bond acceptors (Lipinski definition) is 16. The second-order valence-corrected chi connectivity index (χ2v) is 24.5. The predicted molar refractivity (Wildman–Crippen MR) is 353 cm³/mol. The van der Waals surface area contributed by atoms with Crippen LogP contribution in [0.3, 0.4) is 0 Å². The van der Waals surface area contributed by atoms with E-state index in [2.05, 4.69) is 60.7 Å². The van der Waals surface area contributed by atoms with Crippen LogP contribution in [-0.2, 0) is 51.5 Å².